The van der Waals surface area contributed by atoms with Crippen molar-refractivity contribution in [1.82, 2.24) is 15.3 Å². The molecule has 0 aliphatic carbocycles. The summed E-state index contributed by atoms with van der Waals surface area (Å²) in [6.07, 6.45) is 1.46. The highest BCUT2D eigenvalue weighted by atomic mass is 16.5. The van der Waals surface area contributed by atoms with Crippen molar-refractivity contribution in [3.8, 4) is 11.5 Å². The van der Waals surface area contributed by atoms with Gasteiger partial charge in [0.15, 0.2) is 5.69 Å². The molecule has 2 aromatic rings. The highest BCUT2D eigenvalue weighted by molar-refractivity contribution is 5.45. The first-order valence-corrected chi connectivity index (χ1v) is 3.07. The number of rotatable bonds is 1. The van der Waals surface area contributed by atoms with E-state index in [0.717, 1.165) is 0 Å². The standard InChI is InChI=1S/C6H5N3O2/c1-4-7-6(9-11-4)5-2-3-10-8-5/h2-3H,1H3. The molecule has 0 radical (unpaired) electrons. The second kappa shape index (κ2) is 2.19. The van der Waals surface area contributed by atoms with E-state index in [1.165, 1.54) is 6.26 Å². The SMILES string of the molecule is Cc1nc(-c2ccon2)no1. The van der Waals surface area contributed by atoms with E-state index >= 15 is 0 Å². The minimum absolute atomic E-state index is 0.455. The van der Waals surface area contributed by atoms with E-state index < -0.39 is 0 Å². The summed E-state index contributed by atoms with van der Waals surface area (Å²) in [6, 6.07) is 1.67. The normalized spacial score (nSPS) is 10.3. The highest BCUT2D eigenvalue weighted by Gasteiger charge is 2.07. The van der Waals surface area contributed by atoms with E-state index in [1.54, 1.807) is 13.0 Å². The Bertz CT molecular complexity index is 338. The van der Waals surface area contributed by atoms with Gasteiger partial charge in [-0.25, -0.2) is 0 Å². The maximum Gasteiger partial charge on any atom is 0.224 e. The topological polar surface area (TPSA) is 65.0 Å². The van der Waals surface area contributed by atoms with Crippen molar-refractivity contribution in [1.29, 1.82) is 0 Å². The lowest BCUT2D eigenvalue weighted by Crippen LogP contribution is -1.78. The summed E-state index contributed by atoms with van der Waals surface area (Å²) in [5.41, 5.74) is 0.585. The van der Waals surface area contributed by atoms with Crippen molar-refractivity contribution in [3.63, 3.8) is 0 Å². The first-order chi connectivity index (χ1) is 5.36. The number of aryl methyl sites for hydroxylation is 1. The molecule has 0 saturated carbocycles. The molecule has 2 heterocycles. The van der Waals surface area contributed by atoms with Gasteiger partial charge in [-0.05, 0) is 0 Å². The molecular formula is C6H5N3O2. The molecular weight excluding hydrogens is 146 g/mol. The van der Waals surface area contributed by atoms with Gasteiger partial charge in [0, 0.05) is 13.0 Å². The summed E-state index contributed by atoms with van der Waals surface area (Å²) in [6.45, 7) is 1.72. The number of nitrogens with zero attached hydrogens (tertiary/aromatic N) is 3. The number of aromatic nitrogens is 3. The smallest absolute Gasteiger partial charge is 0.224 e. The molecule has 0 aliphatic rings. The molecule has 0 atom stereocenters. The fraction of sp³-hybridized carbons (Fsp3) is 0.167. The van der Waals surface area contributed by atoms with Crippen molar-refractivity contribution in [2.24, 2.45) is 0 Å². The summed E-state index contributed by atoms with van der Waals surface area (Å²) in [4.78, 5) is 3.95. The lowest BCUT2D eigenvalue weighted by atomic mass is 10.4. The fourth-order valence-corrected chi connectivity index (χ4v) is 0.731. The van der Waals surface area contributed by atoms with E-state index in [1.807, 2.05) is 0 Å². The van der Waals surface area contributed by atoms with Gasteiger partial charge in [-0.2, -0.15) is 4.98 Å². The van der Waals surface area contributed by atoms with Gasteiger partial charge in [-0.1, -0.05) is 10.3 Å². The molecule has 0 unspecified atom stereocenters. The predicted molar refractivity (Wildman–Crippen MR) is 34.5 cm³/mol. The second-order valence-electron chi connectivity index (χ2n) is 2.02. The van der Waals surface area contributed by atoms with Crippen LogP contribution in [0.5, 0.6) is 0 Å². The highest BCUT2D eigenvalue weighted by Crippen LogP contribution is 2.11. The van der Waals surface area contributed by atoms with Gasteiger partial charge in [-0.15, -0.1) is 0 Å². The molecule has 0 aliphatic heterocycles. The van der Waals surface area contributed by atoms with E-state index in [0.29, 0.717) is 17.4 Å². The largest absolute Gasteiger partial charge is 0.364 e. The Morgan fingerprint density at radius 1 is 1.36 bits per heavy atom. The quantitative estimate of drug-likeness (QED) is 0.609. The van der Waals surface area contributed by atoms with Crippen molar-refractivity contribution < 1.29 is 9.05 Å². The molecule has 0 fully saturated rings. The summed E-state index contributed by atoms with van der Waals surface area (Å²) in [5.74, 6) is 0.972. The average Bonchev–Trinajstić information content (AvgIpc) is 2.55. The van der Waals surface area contributed by atoms with Crippen LogP contribution in [0.15, 0.2) is 21.4 Å². The molecule has 0 N–H and O–H groups in total. The zero-order valence-electron chi connectivity index (χ0n) is 5.81. The average molecular weight is 151 g/mol. The van der Waals surface area contributed by atoms with E-state index in [-0.39, 0.29) is 0 Å². The minimum atomic E-state index is 0.455. The van der Waals surface area contributed by atoms with Crippen LogP contribution in [0.25, 0.3) is 11.5 Å². The van der Waals surface area contributed by atoms with Gasteiger partial charge in [-0.3, -0.25) is 0 Å². The molecule has 2 rings (SSSR count). The van der Waals surface area contributed by atoms with Crippen LogP contribution in [0.3, 0.4) is 0 Å². The molecule has 0 saturated heterocycles. The first-order valence-electron chi connectivity index (χ1n) is 3.07. The molecule has 0 amide bonds. The van der Waals surface area contributed by atoms with Gasteiger partial charge in [0.25, 0.3) is 0 Å². The van der Waals surface area contributed by atoms with Gasteiger partial charge >= 0.3 is 0 Å². The Balaban J connectivity index is 2.45. The third-order valence-corrected chi connectivity index (χ3v) is 1.19. The fourth-order valence-electron chi connectivity index (χ4n) is 0.731. The summed E-state index contributed by atoms with van der Waals surface area (Å²) in [5, 5.41) is 7.29. The Kier molecular flexibility index (Phi) is 1.21. The van der Waals surface area contributed by atoms with E-state index in [4.69, 9.17) is 4.52 Å². The predicted octanol–water partition coefficient (Wildman–Crippen LogP) is 1.03. The van der Waals surface area contributed by atoms with Crippen molar-refractivity contribution >= 4 is 0 Å². The van der Waals surface area contributed by atoms with Crippen LogP contribution in [0.4, 0.5) is 0 Å². The van der Waals surface area contributed by atoms with Crippen molar-refractivity contribution in [3.05, 3.63) is 18.2 Å². The van der Waals surface area contributed by atoms with Crippen LogP contribution < -0.4 is 0 Å². The molecule has 0 aromatic carbocycles. The van der Waals surface area contributed by atoms with Gasteiger partial charge in [0.05, 0.1) is 0 Å². The molecule has 0 spiro atoms. The molecule has 11 heavy (non-hydrogen) atoms. The lowest BCUT2D eigenvalue weighted by molar-refractivity contribution is 0.392. The zero-order chi connectivity index (χ0) is 7.68. The van der Waals surface area contributed by atoms with Crippen LogP contribution in [-0.2, 0) is 0 Å². The minimum Gasteiger partial charge on any atom is -0.364 e. The maximum absolute atomic E-state index is 4.75. The van der Waals surface area contributed by atoms with Crippen LogP contribution in [-0.4, -0.2) is 15.3 Å². The molecule has 0 bridgehead atoms. The molecule has 56 valence electrons. The van der Waals surface area contributed by atoms with Crippen LogP contribution in [0.2, 0.25) is 0 Å². The van der Waals surface area contributed by atoms with Gasteiger partial charge < -0.3 is 9.05 Å². The monoisotopic (exact) mass is 151 g/mol. The van der Waals surface area contributed by atoms with Crippen molar-refractivity contribution in [2.45, 2.75) is 6.92 Å². The molecule has 5 nitrogen and oxygen atoms in total. The first kappa shape index (κ1) is 6.09. The summed E-state index contributed by atoms with van der Waals surface area (Å²) >= 11 is 0. The Hall–Kier alpha value is -1.65. The zero-order valence-corrected chi connectivity index (χ0v) is 5.81. The Morgan fingerprint density at radius 2 is 2.27 bits per heavy atom. The molecule has 5 heteroatoms. The third-order valence-electron chi connectivity index (χ3n) is 1.19. The summed E-state index contributed by atoms with van der Waals surface area (Å²) < 4.78 is 9.35. The Labute approximate surface area is 62.0 Å². The maximum atomic E-state index is 4.75. The van der Waals surface area contributed by atoms with Crippen LogP contribution in [0, 0.1) is 6.92 Å². The Morgan fingerprint density at radius 3 is 2.82 bits per heavy atom. The van der Waals surface area contributed by atoms with Crippen molar-refractivity contribution in [2.75, 3.05) is 0 Å². The number of hydrogen-bond acceptors (Lipinski definition) is 5. The lowest BCUT2D eigenvalue weighted by Gasteiger charge is -1.77. The van der Waals surface area contributed by atoms with Crippen LogP contribution >= 0.6 is 0 Å². The summed E-state index contributed by atoms with van der Waals surface area (Å²) in [7, 11) is 0. The second-order valence-corrected chi connectivity index (χ2v) is 2.02. The van der Waals surface area contributed by atoms with E-state index in [2.05, 4.69) is 19.8 Å². The van der Waals surface area contributed by atoms with E-state index in [9.17, 15) is 0 Å². The van der Waals surface area contributed by atoms with Gasteiger partial charge in [0.1, 0.15) is 6.26 Å². The number of hydrogen-bond donors (Lipinski definition) is 0. The third kappa shape index (κ3) is 1.000. The van der Waals surface area contributed by atoms with Crippen LogP contribution in [0.1, 0.15) is 5.89 Å². The molecule has 2 aromatic heterocycles. The van der Waals surface area contributed by atoms with Gasteiger partial charge in [0.2, 0.25) is 11.7 Å².